The molecule has 0 bridgehead atoms. The molecular formula is C19H20FN3O2. The Morgan fingerprint density at radius 3 is 2.68 bits per heavy atom. The van der Waals surface area contributed by atoms with Crippen molar-refractivity contribution >= 4 is 17.0 Å². The summed E-state index contributed by atoms with van der Waals surface area (Å²) < 4.78 is 18.3. The van der Waals surface area contributed by atoms with Gasteiger partial charge in [0.05, 0.1) is 6.54 Å². The molecule has 130 valence electrons. The van der Waals surface area contributed by atoms with Gasteiger partial charge in [0.2, 0.25) is 0 Å². The lowest BCUT2D eigenvalue weighted by Crippen LogP contribution is -2.36. The van der Waals surface area contributed by atoms with Gasteiger partial charge >= 0.3 is 6.03 Å². The van der Waals surface area contributed by atoms with Gasteiger partial charge in [-0.05, 0) is 42.7 Å². The van der Waals surface area contributed by atoms with E-state index in [9.17, 15) is 9.18 Å². The molecule has 0 aliphatic heterocycles. The highest BCUT2D eigenvalue weighted by atomic mass is 19.1. The van der Waals surface area contributed by atoms with Crippen LogP contribution in [0.2, 0.25) is 0 Å². The first-order chi connectivity index (χ1) is 12.0. The first-order valence-corrected chi connectivity index (χ1v) is 8.03. The Labute approximate surface area is 145 Å². The minimum atomic E-state index is -0.382. The third-order valence-electron chi connectivity index (χ3n) is 4.30. The summed E-state index contributed by atoms with van der Waals surface area (Å²) in [5, 5.41) is 7.42. The third-order valence-corrected chi connectivity index (χ3v) is 4.30. The zero-order valence-corrected chi connectivity index (χ0v) is 14.5. The van der Waals surface area contributed by atoms with Crippen molar-refractivity contribution in [1.29, 1.82) is 0 Å². The number of nitrogens with zero attached hydrogens (tertiary/aromatic N) is 2. The van der Waals surface area contributed by atoms with Crippen molar-refractivity contribution in [3.63, 3.8) is 0 Å². The van der Waals surface area contributed by atoms with E-state index >= 15 is 0 Å². The number of fused-ring (bicyclic) bond motifs is 1. The van der Waals surface area contributed by atoms with Crippen molar-refractivity contribution in [2.75, 3.05) is 7.05 Å². The number of benzene rings is 2. The van der Waals surface area contributed by atoms with Crippen LogP contribution in [0.25, 0.3) is 11.0 Å². The highest BCUT2D eigenvalue weighted by molar-refractivity contribution is 5.80. The molecule has 0 saturated heterocycles. The molecule has 5 nitrogen and oxygen atoms in total. The summed E-state index contributed by atoms with van der Waals surface area (Å²) in [4.78, 5) is 14.0. The predicted molar refractivity (Wildman–Crippen MR) is 93.6 cm³/mol. The fourth-order valence-corrected chi connectivity index (χ4v) is 2.79. The summed E-state index contributed by atoms with van der Waals surface area (Å²) in [6.45, 7) is 4.81. The zero-order valence-electron chi connectivity index (χ0n) is 14.5. The fourth-order valence-electron chi connectivity index (χ4n) is 2.79. The molecule has 0 spiro atoms. The number of carbonyl (C=O) groups is 1. The standard InChI is InChI=1S/C19H20FN3O2/c1-12-5-4-6-13(2)16(12)11-23(3)19(24)21-10-17-15-8-7-14(20)9-18(15)25-22-17/h4-9H,10-11H2,1-3H3,(H,21,24). The van der Waals surface area contributed by atoms with E-state index in [1.807, 2.05) is 32.0 Å². The van der Waals surface area contributed by atoms with Crippen molar-refractivity contribution in [3.05, 3.63) is 64.6 Å². The lowest BCUT2D eigenvalue weighted by atomic mass is 10.0. The molecule has 25 heavy (non-hydrogen) atoms. The van der Waals surface area contributed by atoms with Crippen molar-refractivity contribution in [1.82, 2.24) is 15.4 Å². The molecule has 0 unspecified atom stereocenters. The molecule has 1 aromatic heterocycles. The number of nitrogens with one attached hydrogen (secondary N) is 1. The third kappa shape index (κ3) is 3.63. The lowest BCUT2D eigenvalue weighted by Gasteiger charge is -2.20. The largest absolute Gasteiger partial charge is 0.356 e. The monoisotopic (exact) mass is 341 g/mol. The molecule has 1 N–H and O–H groups in total. The van der Waals surface area contributed by atoms with Gasteiger partial charge in [0.1, 0.15) is 11.5 Å². The van der Waals surface area contributed by atoms with Crippen molar-refractivity contribution in [2.24, 2.45) is 0 Å². The summed E-state index contributed by atoms with van der Waals surface area (Å²) in [6, 6.07) is 10.1. The van der Waals surface area contributed by atoms with Crippen LogP contribution in [0.5, 0.6) is 0 Å². The number of hydrogen-bond donors (Lipinski definition) is 1. The SMILES string of the molecule is Cc1cccc(C)c1CN(C)C(=O)NCc1noc2cc(F)ccc12. The van der Waals surface area contributed by atoms with E-state index in [4.69, 9.17) is 4.52 Å². The molecule has 1 heterocycles. The maximum absolute atomic E-state index is 13.2. The van der Waals surface area contributed by atoms with Crippen LogP contribution in [0.3, 0.4) is 0 Å². The molecule has 2 amide bonds. The van der Waals surface area contributed by atoms with Crippen LogP contribution in [0.1, 0.15) is 22.4 Å². The van der Waals surface area contributed by atoms with Crippen molar-refractivity contribution < 1.29 is 13.7 Å². The number of urea groups is 1. The molecule has 0 aliphatic carbocycles. The van der Waals surface area contributed by atoms with E-state index in [0.717, 1.165) is 16.7 Å². The molecule has 0 fully saturated rings. The molecule has 3 rings (SSSR count). The summed E-state index contributed by atoms with van der Waals surface area (Å²) in [7, 11) is 1.75. The molecular weight excluding hydrogens is 321 g/mol. The van der Waals surface area contributed by atoms with Crippen LogP contribution in [0, 0.1) is 19.7 Å². The first-order valence-electron chi connectivity index (χ1n) is 8.03. The Hall–Kier alpha value is -2.89. The van der Waals surface area contributed by atoms with Gasteiger partial charge in [0, 0.05) is 25.0 Å². The quantitative estimate of drug-likeness (QED) is 0.782. The first kappa shape index (κ1) is 17.0. The molecule has 0 saturated carbocycles. The molecule has 0 radical (unpaired) electrons. The fraction of sp³-hybridized carbons (Fsp3) is 0.263. The minimum Gasteiger partial charge on any atom is -0.356 e. The Morgan fingerprint density at radius 1 is 1.24 bits per heavy atom. The smallest absolute Gasteiger partial charge is 0.317 e. The number of carbonyl (C=O) groups excluding carboxylic acids is 1. The Bertz CT molecular complexity index is 900. The Balaban J connectivity index is 1.65. The van der Waals surface area contributed by atoms with Crippen molar-refractivity contribution in [2.45, 2.75) is 26.9 Å². The van der Waals surface area contributed by atoms with E-state index in [2.05, 4.69) is 10.5 Å². The number of hydrogen-bond acceptors (Lipinski definition) is 3. The second-order valence-corrected chi connectivity index (χ2v) is 6.15. The molecule has 2 aromatic carbocycles. The van der Waals surface area contributed by atoms with Gasteiger partial charge in [-0.15, -0.1) is 0 Å². The van der Waals surface area contributed by atoms with Gasteiger partial charge in [-0.3, -0.25) is 0 Å². The summed E-state index contributed by atoms with van der Waals surface area (Å²) in [5.74, 6) is -0.382. The van der Waals surface area contributed by atoms with Gasteiger partial charge in [0.15, 0.2) is 5.58 Å². The average molecular weight is 341 g/mol. The number of amides is 2. The predicted octanol–water partition coefficient (Wildman–Crippen LogP) is 3.93. The normalized spacial score (nSPS) is 10.9. The number of rotatable bonds is 4. The summed E-state index contributed by atoms with van der Waals surface area (Å²) in [5.41, 5.74) is 4.40. The van der Waals surface area contributed by atoms with Crippen LogP contribution in [0.4, 0.5) is 9.18 Å². The van der Waals surface area contributed by atoms with Gasteiger partial charge in [-0.1, -0.05) is 23.4 Å². The van der Waals surface area contributed by atoms with E-state index in [1.54, 1.807) is 18.0 Å². The van der Waals surface area contributed by atoms with Crippen LogP contribution in [0.15, 0.2) is 40.9 Å². The van der Waals surface area contributed by atoms with Crippen LogP contribution in [-0.2, 0) is 13.1 Å². The van der Waals surface area contributed by atoms with Crippen LogP contribution in [-0.4, -0.2) is 23.1 Å². The average Bonchev–Trinajstić information content (AvgIpc) is 2.98. The number of aryl methyl sites for hydroxylation is 2. The number of aromatic nitrogens is 1. The van der Waals surface area contributed by atoms with Gasteiger partial charge in [-0.2, -0.15) is 0 Å². The molecule has 3 aromatic rings. The topological polar surface area (TPSA) is 58.4 Å². The highest BCUT2D eigenvalue weighted by Gasteiger charge is 2.14. The molecule has 6 heteroatoms. The summed E-state index contributed by atoms with van der Waals surface area (Å²) in [6.07, 6.45) is 0. The second-order valence-electron chi connectivity index (χ2n) is 6.15. The highest BCUT2D eigenvalue weighted by Crippen LogP contribution is 2.19. The zero-order chi connectivity index (χ0) is 18.0. The van der Waals surface area contributed by atoms with E-state index in [0.29, 0.717) is 23.2 Å². The van der Waals surface area contributed by atoms with Gasteiger partial charge in [0.25, 0.3) is 0 Å². The van der Waals surface area contributed by atoms with Crippen LogP contribution < -0.4 is 5.32 Å². The Morgan fingerprint density at radius 2 is 1.96 bits per heavy atom. The lowest BCUT2D eigenvalue weighted by molar-refractivity contribution is 0.206. The minimum absolute atomic E-state index is 0.207. The van der Waals surface area contributed by atoms with Gasteiger partial charge < -0.3 is 14.7 Å². The van der Waals surface area contributed by atoms with E-state index in [1.165, 1.54) is 12.1 Å². The van der Waals surface area contributed by atoms with Gasteiger partial charge in [-0.25, -0.2) is 9.18 Å². The van der Waals surface area contributed by atoms with E-state index < -0.39 is 0 Å². The molecule has 0 atom stereocenters. The summed E-state index contributed by atoms with van der Waals surface area (Å²) >= 11 is 0. The second kappa shape index (κ2) is 6.93. The number of halogens is 1. The maximum atomic E-state index is 13.2. The Kier molecular flexibility index (Phi) is 4.70. The maximum Gasteiger partial charge on any atom is 0.317 e. The molecule has 0 aliphatic rings. The van der Waals surface area contributed by atoms with E-state index in [-0.39, 0.29) is 18.4 Å². The van der Waals surface area contributed by atoms with Crippen molar-refractivity contribution in [3.8, 4) is 0 Å². The van der Waals surface area contributed by atoms with Crippen LogP contribution >= 0.6 is 0 Å².